The van der Waals surface area contributed by atoms with Gasteiger partial charge in [-0.3, -0.25) is 4.79 Å². The van der Waals surface area contributed by atoms with Crippen molar-refractivity contribution in [2.75, 3.05) is 39.3 Å². The van der Waals surface area contributed by atoms with Crippen molar-refractivity contribution in [2.45, 2.75) is 20.3 Å². The second-order valence-electron chi connectivity index (χ2n) is 5.26. The summed E-state index contributed by atoms with van der Waals surface area (Å²) in [7, 11) is 0. The third-order valence-corrected chi connectivity index (χ3v) is 4.01. The predicted molar refractivity (Wildman–Crippen MR) is 78.7 cm³/mol. The van der Waals surface area contributed by atoms with Gasteiger partial charge in [-0.1, -0.05) is 31.2 Å². The molecular formula is C16H24N2O. The number of rotatable bonds is 5. The van der Waals surface area contributed by atoms with Crippen LogP contribution in [0.1, 0.15) is 29.3 Å². The van der Waals surface area contributed by atoms with E-state index < -0.39 is 0 Å². The standard InChI is InChI=1S/C16H24N2O/c1-3-17-10-12-18(13-11-17)9-8-16(19)15-7-5-4-6-14(15)2/h4-7H,3,8-13H2,1-2H3. The number of piperazine rings is 1. The zero-order valence-electron chi connectivity index (χ0n) is 12.1. The summed E-state index contributed by atoms with van der Waals surface area (Å²) >= 11 is 0. The summed E-state index contributed by atoms with van der Waals surface area (Å²) in [6, 6.07) is 7.87. The molecule has 1 aliphatic rings. The first-order valence-electron chi connectivity index (χ1n) is 7.24. The highest BCUT2D eigenvalue weighted by Crippen LogP contribution is 2.11. The van der Waals surface area contributed by atoms with Crippen LogP contribution in [0.4, 0.5) is 0 Å². The molecule has 0 unspecified atom stereocenters. The molecule has 0 atom stereocenters. The van der Waals surface area contributed by atoms with Crippen LogP contribution in [-0.2, 0) is 0 Å². The quantitative estimate of drug-likeness (QED) is 0.758. The average Bonchev–Trinajstić information content (AvgIpc) is 2.46. The smallest absolute Gasteiger partial charge is 0.164 e. The van der Waals surface area contributed by atoms with Gasteiger partial charge >= 0.3 is 0 Å². The van der Waals surface area contributed by atoms with Crippen molar-refractivity contribution in [3.05, 3.63) is 35.4 Å². The highest BCUT2D eigenvalue weighted by Gasteiger charge is 2.16. The third-order valence-electron chi connectivity index (χ3n) is 4.01. The molecule has 3 heteroatoms. The minimum atomic E-state index is 0.274. The van der Waals surface area contributed by atoms with E-state index in [0.717, 1.165) is 50.4 Å². The average molecular weight is 260 g/mol. The van der Waals surface area contributed by atoms with Crippen LogP contribution in [0.15, 0.2) is 24.3 Å². The molecule has 0 bridgehead atoms. The first-order chi connectivity index (χ1) is 9.20. The Labute approximate surface area is 116 Å². The Hall–Kier alpha value is -1.19. The van der Waals surface area contributed by atoms with Gasteiger partial charge in [-0.15, -0.1) is 0 Å². The van der Waals surface area contributed by atoms with Crippen LogP contribution in [0.5, 0.6) is 0 Å². The van der Waals surface area contributed by atoms with Gasteiger partial charge < -0.3 is 9.80 Å². The molecular weight excluding hydrogens is 236 g/mol. The zero-order valence-corrected chi connectivity index (χ0v) is 12.1. The monoisotopic (exact) mass is 260 g/mol. The summed E-state index contributed by atoms with van der Waals surface area (Å²) in [5, 5.41) is 0. The molecule has 1 aromatic carbocycles. The van der Waals surface area contributed by atoms with Crippen molar-refractivity contribution in [3.8, 4) is 0 Å². The highest BCUT2D eigenvalue weighted by molar-refractivity contribution is 5.97. The number of likely N-dealkylation sites (N-methyl/N-ethyl adjacent to an activating group) is 1. The number of carbonyl (C=O) groups is 1. The number of aryl methyl sites for hydroxylation is 1. The van der Waals surface area contributed by atoms with Gasteiger partial charge in [0.25, 0.3) is 0 Å². The van der Waals surface area contributed by atoms with Crippen molar-refractivity contribution in [1.29, 1.82) is 0 Å². The topological polar surface area (TPSA) is 23.6 Å². The lowest BCUT2D eigenvalue weighted by atomic mass is 10.0. The number of benzene rings is 1. The van der Waals surface area contributed by atoms with Crippen molar-refractivity contribution in [2.24, 2.45) is 0 Å². The Kier molecular flexibility index (Phi) is 5.11. The summed E-state index contributed by atoms with van der Waals surface area (Å²) in [4.78, 5) is 17.1. The second kappa shape index (κ2) is 6.83. The second-order valence-corrected chi connectivity index (χ2v) is 5.26. The molecule has 0 spiro atoms. The van der Waals surface area contributed by atoms with Crippen LogP contribution in [-0.4, -0.2) is 54.9 Å². The molecule has 0 aliphatic carbocycles. The number of Topliss-reactive ketones (excluding diaryl/α,β-unsaturated/α-hetero) is 1. The molecule has 0 aromatic heterocycles. The molecule has 0 amide bonds. The fourth-order valence-corrected chi connectivity index (χ4v) is 2.61. The van der Waals surface area contributed by atoms with E-state index in [1.54, 1.807) is 0 Å². The van der Waals surface area contributed by atoms with Gasteiger partial charge in [0.15, 0.2) is 5.78 Å². The molecule has 104 valence electrons. The summed E-state index contributed by atoms with van der Waals surface area (Å²) in [5.41, 5.74) is 1.97. The maximum atomic E-state index is 12.2. The Balaban J connectivity index is 1.80. The van der Waals surface area contributed by atoms with E-state index in [9.17, 15) is 4.79 Å². The Morgan fingerprint density at radius 3 is 2.37 bits per heavy atom. The Morgan fingerprint density at radius 1 is 1.11 bits per heavy atom. The first-order valence-corrected chi connectivity index (χ1v) is 7.24. The third kappa shape index (κ3) is 3.88. The normalized spacial score (nSPS) is 17.6. The summed E-state index contributed by atoms with van der Waals surface area (Å²) in [6.07, 6.45) is 0.636. The minimum absolute atomic E-state index is 0.274. The molecule has 0 saturated carbocycles. The van der Waals surface area contributed by atoms with E-state index in [4.69, 9.17) is 0 Å². The summed E-state index contributed by atoms with van der Waals surface area (Å²) < 4.78 is 0. The molecule has 0 N–H and O–H groups in total. The molecule has 19 heavy (non-hydrogen) atoms. The number of hydrogen-bond donors (Lipinski definition) is 0. The van der Waals surface area contributed by atoms with Gasteiger partial charge in [-0.05, 0) is 19.0 Å². The molecule has 3 nitrogen and oxygen atoms in total. The first kappa shape index (κ1) is 14.2. The van der Waals surface area contributed by atoms with Gasteiger partial charge in [-0.2, -0.15) is 0 Å². The highest BCUT2D eigenvalue weighted by atomic mass is 16.1. The molecule has 1 fully saturated rings. The van der Waals surface area contributed by atoms with E-state index in [-0.39, 0.29) is 5.78 Å². The van der Waals surface area contributed by atoms with Crippen LogP contribution in [0.2, 0.25) is 0 Å². The molecule has 1 heterocycles. The van der Waals surface area contributed by atoms with Crippen molar-refractivity contribution in [1.82, 2.24) is 9.80 Å². The number of hydrogen-bond acceptors (Lipinski definition) is 3. The van der Waals surface area contributed by atoms with Gasteiger partial charge in [0.2, 0.25) is 0 Å². The van der Waals surface area contributed by atoms with Crippen LogP contribution >= 0.6 is 0 Å². The largest absolute Gasteiger partial charge is 0.301 e. The van der Waals surface area contributed by atoms with E-state index in [0.29, 0.717) is 6.42 Å². The van der Waals surface area contributed by atoms with Crippen LogP contribution in [0, 0.1) is 6.92 Å². The fourth-order valence-electron chi connectivity index (χ4n) is 2.61. The van der Waals surface area contributed by atoms with E-state index in [1.807, 2.05) is 31.2 Å². The van der Waals surface area contributed by atoms with Gasteiger partial charge in [0, 0.05) is 44.7 Å². The zero-order chi connectivity index (χ0) is 13.7. The summed E-state index contributed by atoms with van der Waals surface area (Å²) in [6.45, 7) is 10.7. The molecule has 1 aromatic rings. The lowest BCUT2D eigenvalue weighted by Gasteiger charge is -2.33. The molecule has 0 radical (unpaired) electrons. The summed E-state index contributed by atoms with van der Waals surface area (Å²) in [5.74, 6) is 0.274. The lowest BCUT2D eigenvalue weighted by molar-refractivity contribution is 0.0931. The molecule has 1 saturated heterocycles. The Morgan fingerprint density at radius 2 is 1.74 bits per heavy atom. The van der Waals surface area contributed by atoms with E-state index in [2.05, 4.69) is 16.7 Å². The fraction of sp³-hybridized carbons (Fsp3) is 0.562. The predicted octanol–water partition coefficient (Wildman–Crippen LogP) is 2.21. The maximum absolute atomic E-state index is 12.2. The van der Waals surface area contributed by atoms with Crippen molar-refractivity contribution >= 4 is 5.78 Å². The van der Waals surface area contributed by atoms with Gasteiger partial charge in [0.1, 0.15) is 0 Å². The number of ketones is 1. The Bertz CT molecular complexity index is 423. The molecule has 1 aliphatic heterocycles. The van der Waals surface area contributed by atoms with E-state index in [1.165, 1.54) is 0 Å². The minimum Gasteiger partial charge on any atom is -0.301 e. The van der Waals surface area contributed by atoms with Gasteiger partial charge in [-0.25, -0.2) is 0 Å². The van der Waals surface area contributed by atoms with Crippen LogP contribution < -0.4 is 0 Å². The van der Waals surface area contributed by atoms with Crippen LogP contribution in [0.25, 0.3) is 0 Å². The lowest BCUT2D eigenvalue weighted by Crippen LogP contribution is -2.46. The van der Waals surface area contributed by atoms with E-state index >= 15 is 0 Å². The van der Waals surface area contributed by atoms with Crippen LogP contribution in [0.3, 0.4) is 0 Å². The van der Waals surface area contributed by atoms with Crippen molar-refractivity contribution < 1.29 is 4.79 Å². The number of carbonyl (C=O) groups excluding carboxylic acids is 1. The maximum Gasteiger partial charge on any atom is 0.164 e. The number of nitrogens with zero attached hydrogens (tertiary/aromatic N) is 2. The van der Waals surface area contributed by atoms with Gasteiger partial charge in [0.05, 0.1) is 0 Å². The molecule has 2 rings (SSSR count). The van der Waals surface area contributed by atoms with Crippen molar-refractivity contribution in [3.63, 3.8) is 0 Å². The SMILES string of the molecule is CCN1CCN(CCC(=O)c2ccccc2C)CC1.